The summed E-state index contributed by atoms with van der Waals surface area (Å²) in [6.45, 7) is 3.89. The topological polar surface area (TPSA) is 64.0 Å². The molecule has 5 nitrogen and oxygen atoms in total. The quantitative estimate of drug-likeness (QED) is 0.336. The summed E-state index contributed by atoms with van der Waals surface area (Å²) >= 11 is 2.42. The first-order valence-electron chi connectivity index (χ1n) is 9.29. The monoisotopic (exact) mass is 457 g/mol. The summed E-state index contributed by atoms with van der Waals surface area (Å²) in [6, 6.07) is 10.7. The van der Waals surface area contributed by atoms with Crippen LogP contribution >= 0.6 is 23.1 Å². The molecule has 2 aromatic heterocycles. The Morgan fingerprint density at radius 2 is 1.94 bits per heavy atom. The molecule has 0 fully saturated rings. The number of benzene rings is 2. The summed E-state index contributed by atoms with van der Waals surface area (Å²) in [5, 5.41) is 4.70. The van der Waals surface area contributed by atoms with Crippen LogP contribution < -0.4 is 10.9 Å². The number of thiophene rings is 1. The van der Waals surface area contributed by atoms with E-state index in [-0.39, 0.29) is 17.0 Å². The van der Waals surface area contributed by atoms with Crippen molar-refractivity contribution in [3.8, 4) is 5.69 Å². The molecule has 0 unspecified atom stereocenters. The molecule has 158 valence electrons. The highest BCUT2D eigenvalue weighted by Gasteiger charge is 2.17. The molecular formula is C22H17F2N3O2S2. The van der Waals surface area contributed by atoms with Crippen LogP contribution in [0.4, 0.5) is 14.5 Å². The van der Waals surface area contributed by atoms with Crippen molar-refractivity contribution in [1.82, 2.24) is 9.55 Å². The van der Waals surface area contributed by atoms with Crippen LogP contribution in [0.25, 0.3) is 15.9 Å². The molecule has 0 bridgehead atoms. The van der Waals surface area contributed by atoms with E-state index in [0.29, 0.717) is 21.1 Å². The summed E-state index contributed by atoms with van der Waals surface area (Å²) in [5.74, 6) is -2.52. The maximum absolute atomic E-state index is 13.4. The van der Waals surface area contributed by atoms with Gasteiger partial charge in [0.15, 0.2) is 16.8 Å². The second kappa shape index (κ2) is 8.60. The van der Waals surface area contributed by atoms with Crippen molar-refractivity contribution < 1.29 is 13.6 Å². The average Bonchev–Trinajstić information content (AvgIpc) is 3.19. The number of rotatable bonds is 5. The number of fused-ring (bicyclic) bond motifs is 1. The molecule has 0 aliphatic rings. The number of hydrogen-bond donors (Lipinski definition) is 1. The lowest BCUT2D eigenvalue weighted by molar-refractivity contribution is -0.113. The van der Waals surface area contributed by atoms with Crippen LogP contribution in [0.3, 0.4) is 0 Å². The molecule has 31 heavy (non-hydrogen) atoms. The zero-order valence-electron chi connectivity index (χ0n) is 16.6. The Morgan fingerprint density at radius 1 is 1.13 bits per heavy atom. The lowest BCUT2D eigenvalue weighted by atomic mass is 10.1. The number of anilines is 1. The van der Waals surface area contributed by atoms with E-state index in [1.165, 1.54) is 22.0 Å². The molecule has 0 saturated carbocycles. The first kappa shape index (κ1) is 21.2. The Bertz CT molecular complexity index is 1360. The number of nitrogens with one attached hydrogen (secondary N) is 1. The molecular weight excluding hydrogens is 440 g/mol. The Balaban J connectivity index is 1.65. The first-order valence-corrected chi connectivity index (χ1v) is 11.2. The molecule has 0 atom stereocenters. The van der Waals surface area contributed by atoms with E-state index in [9.17, 15) is 18.4 Å². The fourth-order valence-electron chi connectivity index (χ4n) is 3.16. The van der Waals surface area contributed by atoms with Gasteiger partial charge in [0.05, 0.1) is 17.0 Å². The number of aryl methyl sites for hydroxylation is 2. The molecule has 4 aromatic rings. The summed E-state index contributed by atoms with van der Waals surface area (Å²) in [7, 11) is 0. The number of aromatic nitrogens is 2. The minimum atomic E-state index is -1.04. The zero-order valence-corrected chi connectivity index (χ0v) is 18.2. The van der Waals surface area contributed by atoms with Gasteiger partial charge in [-0.15, -0.1) is 11.3 Å². The predicted octanol–water partition coefficient (Wildman–Crippen LogP) is 5.07. The minimum absolute atomic E-state index is 0.0635. The molecule has 1 N–H and O–H groups in total. The van der Waals surface area contributed by atoms with Crippen LogP contribution in [0, 0.1) is 25.5 Å². The van der Waals surface area contributed by atoms with E-state index in [4.69, 9.17) is 0 Å². The fraction of sp³-hybridized carbons (Fsp3) is 0.136. The van der Waals surface area contributed by atoms with E-state index < -0.39 is 17.5 Å². The highest BCUT2D eigenvalue weighted by atomic mass is 32.2. The number of halogens is 2. The van der Waals surface area contributed by atoms with Gasteiger partial charge in [0.1, 0.15) is 4.70 Å². The van der Waals surface area contributed by atoms with Gasteiger partial charge in [-0.05, 0) is 49.1 Å². The zero-order chi connectivity index (χ0) is 22.1. The van der Waals surface area contributed by atoms with E-state index in [1.54, 1.807) is 11.4 Å². The average molecular weight is 458 g/mol. The smallest absolute Gasteiger partial charge is 0.276 e. The second-order valence-electron chi connectivity index (χ2n) is 6.93. The highest BCUT2D eigenvalue weighted by molar-refractivity contribution is 7.99. The van der Waals surface area contributed by atoms with Crippen LogP contribution in [0.1, 0.15) is 11.1 Å². The summed E-state index contributed by atoms with van der Waals surface area (Å²) in [6.07, 6.45) is 0. The number of thioether (sulfide) groups is 1. The number of carbonyl (C=O) groups is 1. The summed E-state index contributed by atoms with van der Waals surface area (Å²) < 4.78 is 28.5. The maximum Gasteiger partial charge on any atom is 0.276 e. The van der Waals surface area contributed by atoms with E-state index in [0.717, 1.165) is 35.0 Å². The van der Waals surface area contributed by atoms with Crippen molar-refractivity contribution in [2.24, 2.45) is 0 Å². The molecule has 9 heteroatoms. The molecule has 4 rings (SSSR count). The Kier molecular flexibility index (Phi) is 5.88. The molecule has 0 radical (unpaired) electrons. The lowest BCUT2D eigenvalue weighted by Crippen LogP contribution is -2.23. The van der Waals surface area contributed by atoms with Gasteiger partial charge < -0.3 is 5.32 Å². The van der Waals surface area contributed by atoms with Gasteiger partial charge in [0.25, 0.3) is 5.56 Å². The Hall–Kier alpha value is -3.04. The Morgan fingerprint density at radius 3 is 2.68 bits per heavy atom. The van der Waals surface area contributed by atoms with E-state index >= 15 is 0 Å². The molecule has 0 aliphatic heterocycles. The molecule has 0 aliphatic carbocycles. The minimum Gasteiger partial charge on any atom is -0.325 e. The lowest BCUT2D eigenvalue weighted by Gasteiger charge is -2.14. The van der Waals surface area contributed by atoms with Crippen LogP contribution in [-0.2, 0) is 4.79 Å². The van der Waals surface area contributed by atoms with Gasteiger partial charge >= 0.3 is 0 Å². The van der Waals surface area contributed by atoms with Crippen LogP contribution in [0.2, 0.25) is 0 Å². The maximum atomic E-state index is 13.4. The highest BCUT2D eigenvalue weighted by Crippen LogP contribution is 2.25. The standard InChI is InChI=1S/C22H17F2N3O2S2/c1-12-3-6-18(13(2)9-12)27-21(29)20-17(7-8-30-20)26-22(27)31-11-19(28)25-14-4-5-15(23)16(24)10-14/h3-10H,11H2,1-2H3,(H,25,28). The van der Waals surface area contributed by atoms with E-state index in [1.807, 2.05) is 32.0 Å². The normalized spacial score (nSPS) is 11.1. The van der Waals surface area contributed by atoms with Gasteiger partial charge in [-0.2, -0.15) is 0 Å². The number of amides is 1. The molecule has 1 amide bonds. The van der Waals surface area contributed by atoms with Crippen molar-refractivity contribution in [2.45, 2.75) is 19.0 Å². The SMILES string of the molecule is Cc1ccc(-n2c(SCC(=O)Nc3ccc(F)c(F)c3)nc3ccsc3c2=O)c(C)c1. The van der Waals surface area contributed by atoms with Crippen LogP contribution in [-0.4, -0.2) is 21.2 Å². The van der Waals surface area contributed by atoms with Crippen molar-refractivity contribution in [3.05, 3.63) is 81.0 Å². The molecule has 2 aromatic carbocycles. The van der Waals surface area contributed by atoms with Crippen molar-refractivity contribution >= 4 is 44.9 Å². The molecule has 0 spiro atoms. The van der Waals surface area contributed by atoms with Crippen molar-refractivity contribution in [3.63, 3.8) is 0 Å². The van der Waals surface area contributed by atoms with Gasteiger partial charge in [-0.1, -0.05) is 29.5 Å². The van der Waals surface area contributed by atoms with E-state index in [2.05, 4.69) is 10.3 Å². The molecule has 2 heterocycles. The first-order chi connectivity index (χ1) is 14.8. The third-order valence-corrected chi connectivity index (χ3v) is 6.41. The number of nitrogens with zero attached hydrogens (tertiary/aromatic N) is 2. The fourth-order valence-corrected chi connectivity index (χ4v) is 4.72. The number of hydrogen-bond acceptors (Lipinski definition) is 5. The predicted molar refractivity (Wildman–Crippen MR) is 120 cm³/mol. The van der Waals surface area contributed by atoms with Gasteiger partial charge in [0.2, 0.25) is 5.91 Å². The Labute approximate surface area is 184 Å². The van der Waals surface area contributed by atoms with Crippen LogP contribution in [0.5, 0.6) is 0 Å². The number of carbonyl (C=O) groups excluding carboxylic acids is 1. The van der Waals surface area contributed by atoms with Gasteiger partial charge in [-0.25, -0.2) is 13.8 Å². The third kappa shape index (κ3) is 4.38. The largest absolute Gasteiger partial charge is 0.325 e. The van der Waals surface area contributed by atoms with Crippen LogP contribution in [0.15, 0.2) is 57.8 Å². The van der Waals surface area contributed by atoms with Crippen molar-refractivity contribution in [1.29, 1.82) is 0 Å². The van der Waals surface area contributed by atoms with Gasteiger partial charge in [0, 0.05) is 11.8 Å². The molecule has 0 saturated heterocycles. The second-order valence-corrected chi connectivity index (χ2v) is 8.78. The summed E-state index contributed by atoms with van der Waals surface area (Å²) in [4.78, 5) is 30.2. The van der Waals surface area contributed by atoms with Crippen molar-refractivity contribution in [2.75, 3.05) is 11.1 Å². The summed E-state index contributed by atoms with van der Waals surface area (Å²) in [5.41, 5.74) is 3.20. The third-order valence-electron chi connectivity index (χ3n) is 4.58. The van der Waals surface area contributed by atoms with Gasteiger partial charge in [-0.3, -0.25) is 14.2 Å².